The van der Waals surface area contributed by atoms with Crippen molar-refractivity contribution in [1.82, 2.24) is 3.97 Å². The minimum atomic E-state index is 0.613. The minimum absolute atomic E-state index is 0.613. The first kappa shape index (κ1) is 8.90. The van der Waals surface area contributed by atoms with Gasteiger partial charge in [-0.3, -0.25) is 3.97 Å². The van der Waals surface area contributed by atoms with Crippen LogP contribution in [0.2, 0.25) is 0 Å². The van der Waals surface area contributed by atoms with Crippen molar-refractivity contribution >= 4 is 30.3 Å². The van der Waals surface area contributed by atoms with Crippen molar-refractivity contribution in [3.05, 3.63) is 24.0 Å². The molecule has 0 aliphatic carbocycles. The fourth-order valence-corrected chi connectivity index (χ4v) is 3.01. The highest BCUT2D eigenvalue weighted by Crippen LogP contribution is 2.29. The number of halogens is 1. The van der Waals surface area contributed by atoms with Gasteiger partial charge in [-0.2, -0.15) is 0 Å². The van der Waals surface area contributed by atoms with Gasteiger partial charge in [0.05, 0.1) is 6.61 Å². The molecule has 0 saturated carbocycles. The van der Waals surface area contributed by atoms with Crippen LogP contribution >= 0.6 is 30.3 Å². The Morgan fingerprint density at radius 3 is 3.25 bits per heavy atom. The number of ether oxygens (including phenoxy) is 1. The Balaban J connectivity index is 2.19. The summed E-state index contributed by atoms with van der Waals surface area (Å²) in [7, 11) is 1.72. The average molecular weight is 295 g/mol. The Morgan fingerprint density at radius 2 is 2.58 bits per heavy atom. The summed E-state index contributed by atoms with van der Waals surface area (Å²) in [5.74, 6) is 0.613. The van der Waals surface area contributed by atoms with Crippen LogP contribution in [0.4, 0.5) is 0 Å². The molecular weight excluding hydrogens is 285 g/mol. The molecule has 1 aliphatic rings. The van der Waals surface area contributed by atoms with Crippen LogP contribution in [0.1, 0.15) is 18.0 Å². The first-order valence-corrected chi connectivity index (χ1v) is 7.27. The van der Waals surface area contributed by atoms with Crippen LogP contribution in [0.5, 0.6) is 0 Å². The highest BCUT2D eigenvalue weighted by molar-refractivity contribution is 14.2. The van der Waals surface area contributed by atoms with Gasteiger partial charge in [0.25, 0.3) is 0 Å². The quantitative estimate of drug-likeness (QED) is 0.779. The molecule has 2 heterocycles. The Morgan fingerprint density at radius 1 is 1.67 bits per heavy atom. The van der Waals surface area contributed by atoms with Gasteiger partial charge in [-0.25, -0.2) is 0 Å². The average Bonchev–Trinajstić information content (AvgIpc) is 2.74. The van der Waals surface area contributed by atoms with Gasteiger partial charge in [-0.15, -0.1) is 0 Å². The standard InChI is InChI=1S/C8H10INOS/c9-12-10-4-1-2-8(10)7-3-5-11-6-7/h1-2,4,7H,3,5-6H2. The van der Waals surface area contributed by atoms with E-state index in [9.17, 15) is 0 Å². The summed E-state index contributed by atoms with van der Waals surface area (Å²) in [6.07, 6.45) is 3.27. The Kier molecular flexibility index (Phi) is 2.98. The van der Waals surface area contributed by atoms with Gasteiger partial charge >= 0.3 is 0 Å². The Labute approximate surface area is 88.4 Å². The lowest BCUT2D eigenvalue weighted by molar-refractivity contribution is 0.193. The lowest BCUT2D eigenvalue weighted by atomic mass is 10.1. The first-order valence-electron chi connectivity index (χ1n) is 3.96. The predicted molar refractivity (Wildman–Crippen MR) is 59.6 cm³/mol. The molecule has 4 heteroatoms. The van der Waals surface area contributed by atoms with Crippen LogP contribution < -0.4 is 0 Å². The third kappa shape index (κ3) is 1.65. The topological polar surface area (TPSA) is 14.2 Å². The molecule has 1 fully saturated rings. The first-order chi connectivity index (χ1) is 5.92. The van der Waals surface area contributed by atoms with Crippen molar-refractivity contribution in [2.45, 2.75) is 12.3 Å². The van der Waals surface area contributed by atoms with E-state index in [4.69, 9.17) is 4.74 Å². The summed E-state index contributed by atoms with van der Waals surface area (Å²) in [6.45, 7) is 1.81. The maximum Gasteiger partial charge on any atom is 0.0550 e. The van der Waals surface area contributed by atoms with E-state index in [2.05, 4.69) is 43.5 Å². The molecule has 1 aromatic rings. The minimum Gasteiger partial charge on any atom is -0.381 e. The van der Waals surface area contributed by atoms with Crippen molar-refractivity contribution in [2.24, 2.45) is 0 Å². The van der Waals surface area contributed by atoms with E-state index in [1.807, 2.05) is 0 Å². The zero-order valence-corrected chi connectivity index (χ0v) is 9.55. The van der Waals surface area contributed by atoms with Crippen LogP contribution in [0.25, 0.3) is 0 Å². The second kappa shape index (κ2) is 4.02. The van der Waals surface area contributed by atoms with Gasteiger partial charge in [0, 0.05) is 54.7 Å². The molecule has 0 spiro atoms. The van der Waals surface area contributed by atoms with Crippen molar-refractivity contribution in [2.75, 3.05) is 13.2 Å². The van der Waals surface area contributed by atoms with Crippen molar-refractivity contribution in [3.63, 3.8) is 0 Å². The molecule has 0 amide bonds. The van der Waals surface area contributed by atoms with Crippen LogP contribution in [0.3, 0.4) is 0 Å². The van der Waals surface area contributed by atoms with Crippen molar-refractivity contribution in [1.29, 1.82) is 0 Å². The van der Waals surface area contributed by atoms with Gasteiger partial charge in [-0.1, -0.05) is 0 Å². The summed E-state index contributed by atoms with van der Waals surface area (Å²) in [4.78, 5) is 0. The molecule has 1 saturated heterocycles. The maximum absolute atomic E-state index is 5.36. The molecule has 12 heavy (non-hydrogen) atoms. The normalized spacial score (nSPS) is 23.2. The molecule has 0 aromatic carbocycles. The molecule has 1 unspecified atom stereocenters. The van der Waals surface area contributed by atoms with Gasteiger partial charge in [0.2, 0.25) is 0 Å². The van der Waals surface area contributed by atoms with Crippen molar-refractivity contribution < 1.29 is 4.74 Å². The lowest BCUT2D eigenvalue weighted by Gasteiger charge is -2.08. The summed E-state index contributed by atoms with van der Waals surface area (Å²) < 4.78 is 7.56. The molecule has 0 radical (unpaired) electrons. The largest absolute Gasteiger partial charge is 0.381 e. The van der Waals surface area contributed by atoms with Crippen LogP contribution in [0.15, 0.2) is 18.3 Å². The zero-order valence-electron chi connectivity index (χ0n) is 6.57. The van der Waals surface area contributed by atoms with Crippen LogP contribution in [-0.2, 0) is 4.74 Å². The van der Waals surface area contributed by atoms with E-state index in [-0.39, 0.29) is 0 Å². The molecule has 1 atom stereocenters. The van der Waals surface area contributed by atoms with E-state index >= 15 is 0 Å². The van der Waals surface area contributed by atoms with Crippen LogP contribution in [-0.4, -0.2) is 17.2 Å². The monoisotopic (exact) mass is 295 g/mol. The van der Waals surface area contributed by atoms with E-state index in [0.717, 1.165) is 13.2 Å². The predicted octanol–water partition coefficient (Wildman–Crippen LogP) is 2.84. The Bertz CT molecular complexity index is 257. The van der Waals surface area contributed by atoms with E-state index in [1.54, 1.807) is 9.12 Å². The molecular formula is C8H10INOS. The van der Waals surface area contributed by atoms with Crippen LogP contribution in [0, 0.1) is 0 Å². The fourth-order valence-electron chi connectivity index (χ4n) is 1.53. The highest BCUT2D eigenvalue weighted by Gasteiger charge is 2.20. The number of nitrogens with zero attached hydrogens (tertiary/aromatic N) is 1. The second-order valence-corrected chi connectivity index (χ2v) is 4.60. The molecule has 2 rings (SSSR count). The number of aromatic nitrogens is 1. The number of hydrogen-bond acceptors (Lipinski definition) is 2. The fraction of sp³-hybridized carbons (Fsp3) is 0.500. The molecule has 0 N–H and O–H groups in total. The number of rotatable bonds is 2. The lowest BCUT2D eigenvalue weighted by Crippen LogP contribution is -2.01. The SMILES string of the molecule is ISn1cccc1C1CCOC1. The molecule has 2 nitrogen and oxygen atoms in total. The van der Waals surface area contributed by atoms with Gasteiger partial charge in [-0.05, 0) is 18.6 Å². The zero-order chi connectivity index (χ0) is 8.39. The smallest absolute Gasteiger partial charge is 0.0550 e. The van der Waals surface area contributed by atoms with E-state index in [1.165, 1.54) is 12.1 Å². The Hall–Kier alpha value is 0.320. The summed E-state index contributed by atoms with van der Waals surface area (Å²) in [5, 5.41) is 0. The molecule has 66 valence electrons. The van der Waals surface area contributed by atoms with Crippen molar-refractivity contribution in [3.8, 4) is 0 Å². The van der Waals surface area contributed by atoms with Gasteiger partial charge < -0.3 is 4.74 Å². The van der Waals surface area contributed by atoms with Gasteiger partial charge in [0.1, 0.15) is 0 Å². The third-order valence-electron chi connectivity index (χ3n) is 2.17. The molecule has 0 bridgehead atoms. The second-order valence-electron chi connectivity index (χ2n) is 2.89. The molecule has 1 aromatic heterocycles. The third-order valence-corrected chi connectivity index (χ3v) is 3.92. The van der Waals surface area contributed by atoms with E-state index < -0.39 is 0 Å². The highest BCUT2D eigenvalue weighted by atomic mass is 127. The van der Waals surface area contributed by atoms with E-state index in [0.29, 0.717) is 5.92 Å². The molecule has 1 aliphatic heterocycles. The summed E-state index contributed by atoms with van der Waals surface area (Å²) >= 11 is 2.30. The maximum atomic E-state index is 5.36. The summed E-state index contributed by atoms with van der Waals surface area (Å²) in [5.41, 5.74) is 1.40. The van der Waals surface area contributed by atoms with Gasteiger partial charge in [0.15, 0.2) is 0 Å². The number of hydrogen-bond donors (Lipinski definition) is 0. The summed E-state index contributed by atoms with van der Waals surface area (Å²) in [6, 6.07) is 4.28.